The van der Waals surface area contributed by atoms with Crippen molar-refractivity contribution < 1.29 is 19.2 Å². The maximum absolute atomic E-state index is 13.8. The standard InChI is InChI=1S/C44H46N4O4/c49-32-47(40(42(50)45-29-7-8-30-45)27-21-33-10-3-1-4-11-33)37-23-17-35(18-24-37)15-16-36-19-25-38(26-20-36)48-41(28-22-34-12-5-2-6-13-34)43(51)46-31-9-14-39(46)44(48)52/h1-6,10-13,15-20,23-26,32,39-41H,7-9,14,21-22,27-31H2/b16-15+/t39-,40?,41?/m0/s1. The predicted octanol–water partition coefficient (Wildman–Crippen LogP) is 6.78. The van der Waals surface area contributed by atoms with E-state index in [1.165, 1.54) is 0 Å². The summed E-state index contributed by atoms with van der Waals surface area (Å²) in [5.41, 5.74) is 5.62. The highest BCUT2D eigenvalue weighted by Crippen LogP contribution is 2.33. The van der Waals surface area contributed by atoms with Crippen LogP contribution in [0.25, 0.3) is 12.2 Å². The number of fused-ring (bicyclic) bond motifs is 1. The van der Waals surface area contributed by atoms with E-state index in [0.29, 0.717) is 44.3 Å². The molecule has 266 valence electrons. The van der Waals surface area contributed by atoms with Gasteiger partial charge in [-0.25, -0.2) is 0 Å². The Morgan fingerprint density at radius 3 is 1.92 bits per heavy atom. The molecule has 0 aliphatic carbocycles. The van der Waals surface area contributed by atoms with Gasteiger partial charge in [0.1, 0.15) is 18.1 Å². The third-order valence-corrected chi connectivity index (χ3v) is 10.7. The van der Waals surface area contributed by atoms with Crippen molar-refractivity contribution in [2.75, 3.05) is 29.4 Å². The van der Waals surface area contributed by atoms with Crippen LogP contribution in [0.2, 0.25) is 0 Å². The van der Waals surface area contributed by atoms with E-state index < -0.39 is 12.1 Å². The van der Waals surface area contributed by atoms with E-state index in [1.54, 1.807) is 14.7 Å². The van der Waals surface area contributed by atoms with Gasteiger partial charge in [0.25, 0.3) is 5.91 Å². The van der Waals surface area contributed by atoms with Gasteiger partial charge >= 0.3 is 0 Å². The number of hydrogen-bond acceptors (Lipinski definition) is 4. The van der Waals surface area contributed by atoms with Gasteiger partial charge < -0.3 is 14.7 Å². The smallest absolute Gasteiger partial charge is 0.250 e. The predicted molar refractivity (Wildman–Crippen MR) is 205 cm³/mol. The zero-order valence-corrected chi connectivity index (χ0v) is 29.6. The van der Waals surface area contributed by atoms with Gasteiger partial charge in [0.05, 0.1) is 0 Å². The van der Waals surface area contributed by atoms with Crippen LogP contribution in [-0.4, -0.2) is 71.7 Å². The van der Waals surface area contributed by atoms with Crippen molar-refractivity contribution in [1.29, 1.82) is 0 Å². The quantitative estimate of drug-likeness (QED) is 0.114. The Bertz CT molecular complexity index is 1870. The second-order valence-corrected chi connectivity index (χ2v) is 14.0. The van der Waals surface area contributed by atoms with Crippen molar-refractivity contribution in [1.82, 2.24) is 9.80 Å². The highest BCUT2D eigenvalue weighted by atomic mass is 16.2. The molecule has 3 saturated heterocycles. The van der Waals surface area contributed by atoms with E-state index in [-0.39, 0.29) is 23.8 Å². The molecule has 3 aliphatic heterocycles. The molecule has 4 aromatic carbocycles. The summed E-state index contributed by atoms with van der Waals surface area (Å²) in [6.07, 6.45) is 10.9. The number of hydrogen-bond donors (Lipinski definition) is 0. The van der Waals surface area contributed by atoms with Crippen LogP contribution in [0.4, 0.5) is 11.4 Å². The zero-order chi connectivity index (χ0) is 35.9. The average Bonchev–Trinajstić information content (AvgIpc) is 3.92. The molecule has 0 spiro atoms. The number of carbonyl (C=O) groups excluding carboxylic acids is 4. The van der Waals surface area contributed by atoms with Crippen molar-refractivity contribution in [2.45, 2.75) is 69.5 Å². The Balaban J connectivity index is 1.04. The number of piperazine rings is 1. The number of benzene rings is 4. The van der Waals surface area contributed by atoms with Crippen LogP contribution in [0.5, 0.6) is 0 Å². The van der Waals surface area contributed by atoms with Gasteiger partial charge in [-0.15, -0.1) is 0 Å². The summed E-state index contributed by atoms with van der Waals surface area (Å²) in [7, 11) is 0. The molecule has 52 heavy (non-hydrogen) atoms. The van der Waals surface area contributed by atoms with Crippen molar-refractivity contribution in [3.63, 3.8) is 0 Å². The largest absolute Gasteiger partial charge is 0.341 e. The molecule has 0 radical (unpaired) electrons. The number of rotatable bonds is 13. The van der Waals surface area contributed by atoms with Crippen LogP contribution in [0, 0.1) is 0 Å². The summed E-state index contributed by atoms with van der Waals surface area (Å²) in [4.78, 5) is 60.6. The lowest BCUT2D eigenvalue weighted by atomic mass is 9.97. The van der Waals surface area contributed by atoms with E-state index in [2.05, 4.69) is 24.3 Å². The van der Waals surface area contributed by atoms with Crippen LogP contribution >= 0.6 is 0 Å². The van der Waals surface area contributed by atoms with Gasteiger partial charge in [-0.3, -0.25) is 24.1 Å². The fourth-order valence-corrected chi connectivity index (χ4v) is 7.90. The number of nitrogens with zero attached hydrogens (tertiary/aromatic N) is 4. The number of carbonyl (C=O) groups is 4. The van der Waals surface area contributed by atoms with Crippen LogP contribution in [0.3, 0.4) is 0 Å². The fourth-order valence-electron chi connectivity index (χ4n) is 7.90. The Morgan fingerprint density at radius 1 is 0.712 bits per heavy atom. The van der Waals surface area contributed by atoms with Gasteiger partial charge in [-0.2, -0.15) is 0 Å². The molecule has 3 atom stereocenters. The number of likely N-dealkylation sites (tertiary alicyclic amines) is 1. The highest BCUT2D eigenvalue weighted by molar-refractivity contribution is 6.08. The molecule has 0 bridgehead atoms. The summed E-state index contributed by atoms with van der Waals surface area (Å²) in [6, 6.07) is 34.2. The van der Waals surface area contributed by atoms with E-state index in [0.717, 1.165) is 66.7 Å². The first-order valence-corrected chi connectivity index (χ1v) is 18.6. The van der Waals surface area contributed by atoms with Crippen LogP contribution < -0.4 is 9.80 Å². The summed E-state index contributed by atoms with van der Waals surface area (Å²) in [6.45, 7) is 2.12. The Hall–Kier alpha value is -5.50. The van der Waals surface area contributed by atoms with Gasteiger partial charge in [0.15, 0.2) is 0 Å². The van der Waals surface area contributed by atoms with Crippen molar-refractivity contribution in [2.24, 2.45) is 0 Å². The van der Waals surface area contributed by atoms with Crippen LogP contribution in [0.1, 0.15) is 60.8 Å². The normalized spacial score (nSPS) is 19.3. The fraction of sp³-hybridized carbons (Fsp3) is 0.318. The zero-order valence-electron chi connectivity index (χ0n) is 29.6. The molecule has 2 unspecified atom stereocenters. The van der Waals surface area contributed by atoms with Crippen molar-refractivity contribution >= 4 is 47.7 Å². The third kappa shape index (κ3) is 7.71. The Morgan fingerprint density at radius 2 is 1.31 bits per heavy atom. The molecule has 4 aromatic rings. The number of anilines is 2. The first kappa shape index (κ1) is 34.9. The molecule has 0 N–H and O–H groups in total. The molecule has 3 fully saturated rings. The minimum Gasteiger partial charge on any atom is -0.341 e. The molecule has 8 heteroatoms. The SMILES string of the molecule is O=CN(c1ccc(/C=C/c2ccc(N3C(=O)[C@@H]4CCCN4C(=O)C3CCc3ccccc3)cc2)cc1)C(CCc1ccccc1)C(=O)N1CCCC1. The topological polar surface area (TPSA) is 81.2 Å². The summed E-state index contributed by atoms with van der Waals surface area (Å²) >= 11 is 0. The Labute approximate surface area is 306 Å². The van der Waals surface area contributed by atoms with Crippen LogP contribution in [0.15, 0.2) is 109 Å². The lowest BCUT2D eigenvalue weighted by Gasteiger charge is -2.42. The summed E-state index contributed by atoms with van der Waals surface area (Å²) in [5.74, 6) is 0.0560. The number of aryl methyl sites for hydroxylation is 2. The van der Waals surface area contributed by atoms with Gasteiger partial charge in [-0.05, 0) is 97.9 Å². The third-order valence-electron chi connectivity index (χ3n) is 10.7. The second-order valence-electron chi connectivity index (χ2n) is 14.0. The first-order valence-electron chi connectivity index (χ1n) is 18.6. The molecule has 7 rings (SSSR count). The maximum atomic E-state index is 13.8. The van der Waals surface area contributed by atoms with Crippen LogP contribution in [-0.2, 0) is 32.0 Å². The van der Waals surface area contributed by atoms with Gasteiger partial charge in [0, 0.05) is 31.0 Å². The first-order chi connectivity index (χ1) is 25.5. The highest BCUT2D eigenvalue weighted by Gasteiger charge is 2.48. The van der Waals surface area contributed by atoms with Crippen molar-refractivity contribution in [3.8, 4) is 0 Å². The van der Waals surface area contributed by atoms with E-state index in [9.17, 15) is 19.2 Å². The second kappa shape index (κ2) is 16.2. The lowest BCUT2D eigenvalue weighted by Crippen LogP contribution is -2.63. The molecule has 4 amide bonds. The molecule has 3 heterocycles. The molecule has 0 saturated carbocycles. The van der Waals surface area contributed by atoms with Gasteiger partial charge in [-0.1, -0.05) is 97.1 Å². The molecule has 3 aliphatic rings. The number of amides is 4. The minimum absolute atomic E-state index is 0.00616. The summed E-state index contributed by atoms with van der Waals surface area (Å²) in [5, 5.41) is 0. The minimum atomic E-state index is -0.576. The maximum Gasteiger partial charge on any atom is 0.250 e. The molecular weight excluding hydrogens is 649 g/mol. The van der Waals surface area contributed by atoms with E-state index in [1.807, 2.05) is 102 Å². The van der Waals surface area contributed by atoms with Gasteiger partial charge in [0.2, 0.25) is 18.2 Å². The Kier molecular flexibility index (Phi) is 10.9. The monoisotopic (exact) mass is 694 g/mol. The van der Waals surface area contributed by atoms with E-state index >= 15 is 0 Å². The lowest BCUT2D eigenvalue weighted by molar-refractivity contribution is -0.144. The van der Waals surface area contributed by atoms with Crippen molar-refractivity contribution in [3.05, 3.63) is 131 Å². The molecule has 0 aromatic heterocycles. The summed E-state index contributed by atoms with van der Waals surface area (Å²) < 4.78 is 0. The average molecular weight is 695 g/mol. The molecule has 8 nitrogen and oxygen atoms in total. The molecular formula is C44H46N4O4. The van der Waals surface area contributed by atoms with E-state index in [4.69, 9.17) is 0 Å².